The third kappa shape index (κ3) is 3.77. The molecular formula is C21H20N4O4S2. The second-order valence-corrected chi connectivity index (χ2v) is 10.7. The Balaban J connectivity index is 1.62. The number of rotatable bonds is 5. The molecule has 0 saturated carbocycles. The highest BCUT2D eigenvalue weighted by Gasteiger charge is 2.32. The Morgan fingerprint density at radius 3 is 2.87 bits per heavy atom. The fourth-order valence-electron chi connectivity index (χ4n) is 4.02. The van der Waals surface area contributed by atoms with E-state index in [9.17, 15) is 13.2 Å². The predicted octanol–water partition coefficient (Wildman–Crippen LogP) is 3.35. The Bertz CT molecular complexity index is 1360. The summed E-state index contributed by atoms with van der Waals surface area (Å²) < 4.78 is 31.4. The van der Waals surface area contributed by atoms with Gasteiger partial charge in [-0.1, -0.05) is 6.07 Å². The van der Waals surface area contributed by atoms with Gasteiger partial charge in [-0.15, -0.1) is 11.3 Å². The zero-order chi connectivity index (χ0) is 21.6. The van der Waals surface area contributed by atoms with Crippen LogP contribution in [0.2, 0.25) is 0 Å². The van der Waals surface area contributed by atoms with Crippen LogP contribution < -0.4 is 5.32 Å². The maximum Gasteiger partial charge on any atom is 0.272 e. The molecule has 5 heterocycles. The number of fused-ring (bicyclic) bond motifs is 1. The van der Waals surface area contributed by atoms with E-state index in [-0.39, 0.29) is 35.7 Å². The zero-order valence-electron chi connectivity index (χ0n) is 16.7. The minimum Gasteiger partial charge on any atom is -0.467 e. The summed E-state index contributed by atoms with van der Waals surface area (Å²) >= 11 is 1.53. The van der Waals surface area contributed by atoms with Gasteiger partial charge >= 0.3 is 0 Å². The van der Waals surface area contributed by atoms with E-state index < -0.39 is 9.84 Å². The number of carbonyl (C=O) groups is 1. The van der Waals surface area contributed by atoms with Crippen molar-refractivity contribution < 1.29 is 17.6 Å². The Morgan fingerprint density at radius 2 is 2.19 bits per heavy atom. The number of nitrogens with zero attached hydrogens (tertiary/aromatic N) is 3. The van der Waals surface area contributed by atoms with Gasteiger partial charge in [0.2, 0.25) is 0 Å². The van der Waals surface area contributed by atoms with Gasteiger partial charge in [0.25, 0.3) is 5.91 Å². The highest BCUT2D eigenvalue weighted by Crippen LogP contribution is 2.33. The molecule has 10 heteroatoms. The highest BCUT2D eigenvalue weighted by molar-refractivity contribution is 7.91. The molecule has 1 aliphatic rings. The van der Waals surface area contributed by atoms with Crippen LogP contribution in [0.5, 0.6) is 0 Å². The second kappa shape index (κ2) is 7.61. The molecule has 160 valence electrons. The Kier molecular flexibility index (Phi) is 4.90. The molecule has 1 atom stereocenters. The number of pyridine rings is 1. The Morgan fingerprint density at radius 1 is 1.32 bits per heavy atom. The van der Waals surface area contributed by atoms with Crippen LogP contribution in [-0.4, -0.2) is 40.4 Å². The van der Waals surface area contributed by atoms with Crippen LogP contribution >= 0.6 is 11.3 Å². The van der Waals surface area contributed by atoms with Gasteiger partial charge in [0.05, 0.1) is 46.4 Å². The maximum absolute atomic E-state index is 13.1. The topological polar surface area (TPSA) is 107 Å². The van der Waals surface area contributed by atoms with E-state index in [0.29, 0.717) is 29.2 Å². The normalized spacial score (nSPS) is 17.9. The number of aromatic nitrogens is 3. The summed E-state index contributed by atoms with van der Waals surface area (Å²) in [7, 11) is -3.07. The lowest BCUT2D eigenvalue weighted by Gasteiger charge is -2.14. The van der Waals surface area contributed by atoms with Gasteiger partial charge in [0.15, 0.2) is 15.5 Å². The summed E-state index contributed by atoms with van der Waals surface area (Å²) in [6, 6.07) is 9.11. The summed E-state index contributed by atoms with van der Waals surface area (Å²) in [4.78, 5) is 23.2. The van der Waals surface area contributed by atoms with E-state index in [0.717, 1.165) is 10.4 Å². The number of hydrogen-bond donors (Lipinski definition) is 1. The number of furan rings is 1. The smallest absolute Gasteiger partial charge is 0.272 e. The van der Waals surface area contributed by atoms with Crippen molar-refractivity contribution in [2.45, 2.75) is 25.9 Å². The van der Waals surface area contributed by atoms with E-state index >= 15 is 0 Å². The molecule has 0 aliphatic carbocycles. The molecule has 1 aliphatic heterocycles. The molecule has 0 spiro atoms. The molecule has 4 aromatic heterocycles. The van der Waals surface area contributed by atoms with Crippen molar-refractivity contribution in [3.8, 4) is 10.6 Å². The number of carbonyl (C=O) groups excluding carboxylic acids is 1. The van der Waals surface area contributed by atoms with Crippen LogP contribution in [0, 0.1) is 6.92 Å². The molecule has 0 aromatic carbocycles. The molecule has 31 heavy (non-hydrogen) atoms. The van der Waals surface area contributed by atoms with Gasteiger partial charge in [-0.3, -0.25) is 4.79 Å². The van der Waals surface area contributed by atoms with Crippen LogP contribution in [0.4, 0.5) is 0 Å². The molecule has 5 rings (SSSR count). The van der Waals surface area contributed by atoms with Crippen molar-refractivity contribution in [1.29, 1.82) is 0 Å². The van der Waals surface area contributed by atoms with Crippen LogP contribution in [0.1, 0.15) is 34.5 Å². The standard InChI is InChI=1S/C21H20N4O4S2/c1-13-23-19-17(25(13)14-6-9-31(27,28)12-14)10-16(18-5-3-8-30-18)24-20(19)21(26)22-11-15-4-2-7-29-15/h2-5,7-8,10,14H,6,9,11-12H2,1H3,(H,22,26). The first-order valence-corrected chi connectivity index (χ1v) is 12.6. The van der Waals surface area contributed by atoms with Crippen molar-refractivity contribution in [2.75, 3.05) is 11.5 Å². The third-order valence-electron chi connectivity index (χ3n) is 5.42. The molecule has 1 fully saturated rings. The number of aryl methyl sites for hydroxylation is 1. The maximum atomic E-state index is 13.1. The van der Waals surface area contributed by atoms with Gasteiger partial charge in [-0.25, -0.2) is 18.4 Å². The summed E-state index contributed by atoms with van der Waals surface area (Å²) in [6.07, 6.45) is 2.08. The Labute approximate surface area is 182 Å². The SMILES string of the molecule is Cc1nc2c(C(=O)NCc3ccco3)nc(-c3cccs3)cc2n1C1CCS(=O)(=O)C1. The Hall–Kier alpha value is -2.98. The molecule has 1 N–H and O–H groups in total. The fraction of sp³-hybridized carbons (Fsp3) is 0.286. The molecule has 1 saturated heterocycles. The summed E-state index contributed by atoms with van der Waals surface area (Å²) in [5.74, 6) is 1.19. The van der Waals surface area contributed by atoms with E-state index in [4.69, 9.17) is 4.42 Å². The fourth-order valence-corrected chi connectivity index (χ4v) is 6.41. The van der Waals surface area contributed by atoms with Gasteiger partial charge < -0.3 is 14.3 Å². The quantitative estimate of drug-likeness (QED) is 0.494. The molecule has 4 aromatic rings. The van der Waals surface area contributed by atoms with E-state index in [1.165, 1.54) is 11.3 Å². The van der Waals surface area contributed by atoms with Gasteiger partial charge in [0, 0.05) is 0 Å². The van der Waals surface area contributed by atoms with Crippen LogP contribution in [0.3, 0.4) is 0 Å². The largest absolute Gasteiger partial charge is 0.467 e. The summed E-state index contributed by atoms with van der Waals surface area (Å²) in [5, 5.41) is 4.79. The minimum absolute atomic E-state index is 0.0793. The van der Waals surface area contributed by atoms with Crippen molar-refractivity contribution in [1.82, 2.24) is 19.9 Å². The number of sulfone groups is 1. The average molecular weight is 457 g/mol. The zero-order valence-corrected chi connectivity index (χ0v) is 18.4. The van der Waals surface area contributed by atoms with Crippen LogP contribution in [0.15, 0.2) is 46.4 Å². The lowest BCUT2D eigenvalue weighted by atomic mass is 10.2. The lowest BCUT2D eigenvalue weighted by molar-refractivity contribution is 0.0945. The number of imidazole rings is 1. The number of hydrogen-bond acceptors (Lipinski definition) is 7. The second-order valence-electron chi connectivity index (χ2n) is 7.55. The van der Waals surface area contributed by atoms with Gasteiger partial charge in [-0.05, 0) is 43.0 Å². The molecule has 0 radical (unpaired) electrons. The van der Waals surface area contributed by atoms with Crippen LogP contribution in [-0.2, 0) is 16.4 Å². The molecule has 0 bridgehead atoms. The third-order valence-corrected chi connectivity index (χ3v) is 8.06. The van der Waals surface area contributed by atoms with E-state index in [1.54, 1.807) is 18.4 Å². The van der Waals surface area contributed by atoms with Gasteiger partial charge in [0.1, 0.15) is 17.1 Å². The predicted molar refractivity (Wildman–Crippen MR) is 118 cm³/mol. The minimum atomic E-state index is -3.07. The van der Waals surface area contributed by atoms with Crippen molar-refractivity contribution >= 4 is 38.1 Å². The first-order chi connectivity index (χ1) is 14.9. The monoisotopic (exact) mass is 456 g/mol. The summed E-state index contributed by atoms with van der Waals surface area (Å²) in [5.41, 5.74) is 2.07. The lowest BCUT2D eigenvalue weighted by Crippen LogP contribution is -2.24. The average Bonchev–Trinajstić information content (AvgIpc) is 3.52. The summed E-state index contributed by atoms with van der Waals surface area (Å²) in [6.45, 7) is 2.07. The number of amides is 1. The van der Waals surface area contributed by atoms with Crippen molar-refractivity contribution in [2.24, 2.45) is 0 Å². The first kappa shape index (κ1) is 20.0. The number of thiophene rings is 1. The van der Waals surface area contributed by atoms with E-state index in [1.807, 2.05) is 35.1 Å². The molecule has 1 amide bonds. The van der Waals surface area contributed by atoms with Crippen LogP contribution in [0.25, 0.3) is 21.6 Å². The van der Waals surface area contributed by atoms with Gasteiger partial charge in [-0.2, -0.15) is 0 Å². The molecular weight excluding hydrogens is 436 g/mol. The van der Waals surface area contributed by atoms with Crippen molar-refractivity contribution in [3.63, 3.8) is 0 Å². The van der Waals surface area contributed by atoms with Crippen molar-refractivity contribution in [3.05, 3.63) is 59.3 Å². The highest BCUT2D eigenvalue weighted by atomic mass is 32.2. The number of nitrogens with one attached hydrogen (secondary N) is 1. The van der Waals surface area contributed by atoms with E-state index in [2.05, 4.69) is 15.3 Å². The molecule has 1 unspecified atom stereocenters. The molecule has 8 nitrogen and oxygen atoms in total. The first-order valence-electron chi connectivity index (χ1n) is 9.86.